The van der Waals surface area contributed by atoms with Gasteiger partial charge in [0.1, 0.15) is 6.42 Å². The fourth-order valence-electron chi connectivity index (χ4n) is 2.86. The number of carbonyl (C=O) groups is 2. The van der Waals surface area contributed by atoms with Crippen LogP contribution in [0.15, 0.2) is 47.6 Å². The van der Waals surface area contributed by atoms with Crippen LogP contribution in [0, 0.1) is 11.3 Å². The summed E-state index contributed by atoms with van der Waals surface area (Å²) in [5.41, 5.74) is 1.61. The summed E-state index contributed by atoms with van der Waals surface area (Å²) in [4.78, 5) is 24.2. The SMILES string of the molecule is N#CCC(=O)N/N=C(\CC1(O)C(=O)Nc2c(Cl)cc(Cl)cc21)c1ccccc1. The van der Waals surface area contributed by atoms with Crippen LogP contribution in [0.5, 0.6) is 0 Å². The monoisotopic (exact) mass is 416 g/mol. The van der Waals surface area contributed by atoms with Crippen LogP contribution in [0.1, 0.15) is 24.0 Å². The lowest BCUT2D eigenvalue weighted by molar-refractivity contribution is -0.132. The van der Waals surface area contributed by atoms with E-state index in [0.29, 0.717) is 5.56 Å². The Morgan fingerprint density at radius 1 is 1.29 bits per heavy atom. The number of nitrogens with one attached hydrogen (secondary N) is 2. The topological polar surface area (TPSA) is 115 Å². The van der Waals surface area contributed by atoms with Crippen molar-refractivity contribution >= 4 is 46.4 Å². The number of nitriles is 1. The van der Waals surface area contributed by atoms with E-state index in [1.54, 1.807) is 36.4 Å². The molecule has 0 saturated carbocycles. The molecule has 1 unspecified atom stereocenters. The fraction of sp³-hybridized carbons (Fsp3) is 0.158. The van der Waals surface area contributed by atoms with E-state index in [9.17, 15) is 14.7 Å². The summed E-state index contributed by atoms with van der Waals surface area (Å²) in [6.45, 7) is 0. The van der Waals surface area contributed by atoms with Crippen molar-refractivity contribution in [3.63, 3.8) is 0 Å². The molecule has 3 rings (SSSR count). The second-order valence-electron chi connectivity index (χ2n) is 6.10. The highest BCUT2D eigenvalue weighted by atomic mass is 35.5. The van der Waals surface area contributed by atoms with E-state index < -0.39 is 17.4 Å². The molecule has 1 aliphatic rings. The van der Waals surface area contributed by atoms with Crippen molar-refractivity contribution in [3.8, 4) is 6.07 Å². The number of hydrazone groups is 1. The lowest BCUT2D eigenvalue weighted by Gasteiger charge is -2.22. The highest BCUT2D eigenvalue weighted by Gasteiger charge is 2.47. The second kappa shape index (κ2) is 7.98. The van der Waals surface area contributed by atoms with E-state index in [1.807, 2.05) is 0 Å². The molecule has 0 radical (unpaired) electrons. The quantitative estimate of drug-likeness (QED) is 0.513. The standard InChI is InChI=1S/C19H14Cl2N4O3/c20-12-8-13-17(14(21)9-12)23-18(27)19(13,28)10-15(11-4-2-1-3-5-11)24-25-16(26)6-7-22/h1-5,8-9,28H,6,10H2,(H,23,27)(H,25,26)/b24-15+. The van der Waals surface area contributed by atoms with Gasteiger partial charge >= 0.3 is 0 Å². The molecule has 9 heteroatoms. The number of fused-ring (bicyclic) bond motifs is 1. The molecule has 0 aromatic heterocycles. The Morgan fingerprint density at radius 2 is 2.00 bits per heavy atom. The molecule has 0 saturated heterocycles. The van der Waals surface area contributed by atoms with Crippen molar-refractivity contribution < 1.29 is 14.7 Å². The van der Waals surface area contributed by atoms with Crippen LogP contribution in [-0.2, 0) is 15.2 Å². The Labute approximate surface area is 170 Å². The minimum atomic E-state index is -1.99. The van der Waals surface area contributed by atoms with E-state index >= 15 is 0 Å². The zero-order valence-corrected chi connectivity index (χ0v) is 15.9. The predicted molar refractivity (Wildman–Crippen MR) is 105 cm³/mol. The van der Waals surface area contributed by atoms with Gasteiger partial charge in [0.2, 0.25) is 0 Å². The van der Waals surface area contributed by atoms with Crippen LogP contribution in [-0.4, -0.2) is 22.6 Å². The van der Waals surface area contributed by atoms with Crippen molar-refractivity contribution in [1.82, 2.24) is 5.43 Å². The maximum absolute atomic E-state index is 12.6. The minimum Gasteiger partial charge on any atom is -0.375 e. The predicted octanol–water partition coefficient (Wildman–Crippen LogP) is 2.96. The average molecular weight is 417 g/mol. The summed E-state index contributed by atoms with van der Waals surface area (Å²) in [6.07, 6.45) is -0.621. The Bertz CT molecular complexity index is 1020. The highest BCUT2D eigenvalue weighted by molar-refractivity contribution is 6.37. The Morgan fingerprint density at radius 3 is 2.68 bits per heavy atom. The molecule has 1 aliphatic heterocycles. The van der Waals surface area contributed by atoms with Crippen LogP contribution in [0.2, 0.25) is 10.0 Å². The van der Waals surface area contributed by atoms with Gasteiger partial charge in [-0.1, -0.05) is 53.5 Å². The van der Waals surface area contributed by atoms with Gasteiger partial charge in [-0.15, -0.1) is 0 Å². The first kappa shape index (κ1) is 19.8. The first-order valence-corrected chi connectivity index (χ1v) is 8.92. The summed E-state index contributed by atoms with van der Waals surface area (Å²) in [7, 11) is 0. The lowest BCUT2D eigenvalue weighted by Crippen LogP contribution is -2.37. The third-order valence-corrected chi connectivity index (χ3v) is 4.72. The van der Waals surface area contributed by atoms with Gasteiger partial charge in [-0.2, -0.15) is 10.4 Å². The number of aliphatic hydroxyl groups is 1. The molecule has 3 N–H and O–H groups in total. The minimum absolute atomic E-state index is 0.201. The van der Waals surface area contributed by atoms with Gasteiger partial charge in [-0.05, 0) is 17.7 Å². The average Bonchev–Trinajstić information content (AvgIpc) is 2.91. The first-order valence-electron chi connectivity index (χ1n) is 8.16. The maximum Gasteiger partial charge on any atom is 0.261 e. The molecule has 0 bridgehead atoms. The Hall–Kier alpha value is -2.92. The lowest BCUT2D eigenvalue weighted by atomic mass is 9.87. The number of halogens is 2. The normalized spacial score (nSPS) is 18.2. The zero-order chi connectivity index (χ0) is 20.3. The van der Waals surface area contributed by atoms with Crippen LogP contribution >= 0.6 is 23.2 Å². The summed E-state index contributed by atoms with van der Waals surface area (Å²) in [5.74, 6) is -1.29. The van der Waals surface area contributed by atoms with E-state index in [4.69, 9.17) is 28.5 Å². The number of nitrogens with zero attached hydrogens (tertiary/aromatic N) is 2. The van der Waals surface area contributed by atoms with Crippen LogP contribution < -0.4 is 10.7 Å². The van der Waals surface area contributed by atoms with Gasteiger partial charge in [-0.3, -0.25) is 9.59 Å². The molecule has 0 aliphatic carbocycles. The summed E-state index contributed by atoms with van der Waals surface area (Å²) in [5, 5.41) is 26.9. The summed E-state index contributed by atoms with van der Waals surface area (Å²) < 4.78 is 0. The van der Waals surface area contributed by atoms with Crippen molar-refractivity contribution in [2.45, 2.75) is 18.4 Å². The number of amides is 2. The number of hydrogen-bond acceptors (Lipinski definition) is 5. The third-order valence-electron chi connectivity index (χ3n) is 4.20. The smallest absolute Gasteiger partial charge is 0.261 e. The van der Waals surface area contributed by atoms with Crippen LogP contribution in [0.3, 0.4) is 0 Å². The largest absolute Gasteiger partial charge is 0.375 e. The van der Waals surface area contributed by atoms with Gasteiger partial charge in [0, 0.05) is 17.0 Å². The Balaban J connectivity index is 2.02. The number of benzene rings is 2. The molecule has 2 aromatic rings. The molecule has 1 atom stereocenters. The molecule has 142 valence electrons. The molecule has 0 spiro atoms. The molecule has 1 heterocycles. The molecule has 7 nitrogen and oxygen atoms in total. The van der Waals surface area contributed by atoms with E-state index in [1.165, 1.54) is 12.1 Å². The van der Waals surface area contributed by atoms with Gasteiger partial charge in [0.25, 0.3) is 11.8 Å². The van der Waals surface area contributed by atoms with Gasteiger partial charge in [0.15, 0.2) is 5.60 Å². The number of hydrogen-bond donors (Lipinski definition) is 3. The molecule has 28 heavy (non-hydrogen) atoms. The third kappa shape index (κ3) is 3.85. The van der Waals surface area contributed by atoms with E-state index in [0.717, 1.165) is 0 Å². The molecule has 2 aromatic carbocycles. The van der Waals surface area contributed by atoms with Crippen molar-refractivity contribution in [2.24, 2.45) is 5.10 Å². The van der Waals surface area contributed by atoms with E-state index in [2.05, 4.69) is 15.8 Å². The fourth-order valence-corrected chi connectivity index (χ4v) is 3.40. The van der Waals surface area contributed by atoms with Gasteiger partial charge < -0.3 is 10.4 Å². The summed E-state index contributed by atoms with van der Waals surface area (Å²) >= 11 is 12.2. The summed E-state index contributed by atoms with van der Waals surface area (Å²) in [6, 6.07) is 13.4. The molecular formula is C19H14Cl2N4O3. The highest BCUT2D eigenvalue weighted by Crippen LogP contribution is 2.44. The van der Waals surface area contributed by atoms with E-state index in [-0.39, 0.29) is 39.8 Å². The second-order valence-corrected chi connectivity index (χ2v) is 6.94. The van der Waals surface area contributed by atoms with Crippen LogP contribution in [0.25, 0.3) is 0 Å². The molecular weight excluding hydrogens is 403 g/mol. The number of carbonyl (C=O) groups excluding carboxylic acids is 2. The van der Waals surface area contributed by atoms with Gasteiger partial charge in [-0.25, -0.2) is 5.43 Å². The van der Waals surface area contributed by atoms with Crippen LogP contribution in [0.4, 0.5) is 5.69 Å². The number of rotatable bonds is 5. The van der Waals surface area contributed by atoms with Crippen molar-refractivity contribution in [3.05, 3.63) is 63.6 Å². The Kier molecular flexibility index (Phi) is 5.66. The molecule has 0 fully saturated rings. The van der Waals surface area contributed by atoms with Gasteiger partial charge in [0.05, 0.1) is 22.5 Å². The van der Waals surface area contributed by atoms with Crippen molar-refractivity contribution in [1.29, 1.82) is 5.26 Å². The number of anilines is 1. The molecule has 2 amide bonds. The zero-order valence-electron chi connectivity index (χ0n) is 14.4. The first-order chi connectivity index (χ1) is 13.3. The van der Waals surface area contributed by atoms with Crippen molar-refractivity contribution in [2.75, 3.05) is 5.32 Å². The maximum atomic E-state index is 12.6.